The lowest BCUT2D eigenvalue weighted by atomic mass is 10.1. The van der Waals surface area contributed by atoms with Crippen molar-refractivity contribution in [2.24, 2.45) is 0 Å². The molecule has 12 heteroatoms. The van der Waals surface area contributed by atoms with Gasteiger partial charge in [0, 0.05) is 35.3 Å². The molecule has 0 radical (unpaired) electrons. The lowest BCUT2D eigenvalue weighted by molar-refractivity contribution is -0.139. The Morgan fingerprint density at radius 2 is 2.03 bits per heavy atom. The Morgan fingerprint density at radius 3 is 2.83 bits per heavy atom. The topological polar surface area (TPSA) is 119 Å². The molecule has 3 heterocycles. The molecule has 1 amide bonds. The molecule has 1 saturated heterocycles. The maximum Gasteiger partial charge on any atom is 0.253 e. The van der Waals surface area contributed by atoms with Crippen LogP contribution in [0.25, 0.3) is 21.0 Å². The van der Waals surface area contributed by atoms with E-state index >= 15 is 0 Å². The molecule has 0 spiro atoms. The molecule has 4 aromatic rings. The highest BCUT2D eigenvalue weighted by molar-refractivity contribution is 7.91. The van der Waals surface area contributed by atoms with Crippen LogP contribution in [0, 0.1) is 0 Å². The van der Waals surface area contributed by atoms with Gasteiger partial charge in [0.15, 0.2) is 0 Å². The normalized spacial score (nSPS) is 17.5. The highest BCUT2D eigenvalue weighted by Gasteiger charge is 2.39. The van der Waals surface area contributed by atoms with E-state index in [1.54, 1.807) is 29.2 Å². The predicted molar refractivity (Wildman–Crippen MR) is 136 cm³/mol. The molecule has 0 saturated carbocycles. The molecular formula is C23H22ClN5O4S2. The van der Waals surface area contributed by atoms with Gasteiger partial charge in [0.25, 0.3) is 10.0 Å². The molecule has 2 aromatic carbocycles. The maximum atomic E-state index is 13.4. The van der Waals surface area contributed by atoms with Crippen molar-refractivity contribution in [2.45, 2.75) is 16.8 Å². The van der Waals surface area contributed by atoms with E-state index in [-0.39, 0.29) is 29.8 Å². The molecule has 2 N–H and O–H groups in total. The Labute approximate surface area is 211 Å². The Bertz CT molecular complexity index is 1540. The average Bonchev–Trinajstić information content (AvgIpc) is 3.25. The third kappa shape index (κ3) is 4.57. The van der Waals surface area contributed by atoms with Crippen molar-refractivity contribution in [1.29, 1.82) is 0 Å². The third-order valence-electron chi connectivity index (χ3n) is 5.98. The van der Waals surface area contributed by atoms with Crippen LogP contribution >= 0.6 is 22.9 Å². The number of piperazine rings is 1. The van der Waals surface area contributed by atoms with Gasteiger partial charge < -0.3 is 15.4 Å². The SMILES string of the molecule is COC[C@H]1CN(S(=O)(=O)c2cc3ccc(Cl)cc3s2)CC(=O)N1Cc1ccc2c(N)ncnc2c1. The maximum absolute atomic E-state index is 13.4. The average molecular weight is 532 g/mol. The smallest absolute Gasteiger partial charge is 0.253 e. The van der Waals surface area contributed by atoms with Crippen molar-refractivity contribution >= 4 is 65.7 Å². The van der Waals surface area contributed by atoms with Crippen LogP contribution in [0.2, 0.25) is 5.02 Å². The van der Waals surface area contributed by atoms with Crippen LogP contribution in [0.5, 0.6) is 0 Å². The Hall–Kier alpha value is -2.83. The minimum atomic E-state index is -3.88. The monoisotopic (exact) mass is 531 g/mol. The number of amides is 1. The van der Waals surface area contributed by atoms with Gasteiger partial charge in [-0.05, 0) is 41.3 Å². The molecule has 35 heavy (non-hydrogen) atoms. The molecular weight excluding hydrogens is 510 g/mol. The first kappa shape index (κ1) is 23.9. The Morgan fingerprint density at radius 1 is 1.20 bits per heavy atom. The zero-order chi connectivity index (χ0) is 24.7. The highest BCUT2D eigenvalue weighted by Crippen LogP contribution is 2.33. The fourth-order valence-corrected chi connectivity index (χ4v) is 7.49. The number of anilines is 1. The number of methoxy groups -OCH3 is 1. The molecule has 1 atom stereocenters. The molecule has 1 fully saturated rings. The number of hydrogen-bond donors (Lipinski definition) is 1. The van der Waals surface area contributed by atoms with Crippen molar-refractivity contribution < 1.29 is 17.9 Å². The van der Waals surface area contributed by atoms with E-state index in [4.69, 9.17) is 22.1 Å². The van der Waals surface area contributed by atoms with Gasteiger partial charge in [0.2, 0.25) is 5.91 Å². The van der Waals surface area contributed by atoms with E-state index in [9.17, 15) is 13.2 Å². The predicted octanol–water partition coefficient (Wildman–Crippen LogP) is 3.13. The number of halogens is 1. The summed E-state index contributed by atoms with van der Waals surface area (Å²) in [6.45, 7) is 0.365. The number of carbonyl (C=O) groups excluding carboxylic acids is 1. The van der Waals surface area contributed by atoms with E-state index in [1.165, 1.54) is 17.7 Å². The van der Waals surface area contributed by atoms with Gasteiger partial charge in [0.1, 0.15) is 16.4 Å². The van der Waals surface area contributed by atoms with Crippen molar-refractivity contribution in [3.63, 3.8) is 0 Å². The number of aromatic nitrogens is 2. The first-order valence-corrected chi connectivity index (χ1v) is 13.4. The summed E-state index contributed by atoms with van der Waals surface area (Å²) in [5.41, 5.74) is 7.44. The van der Waals surface area contributed by atoms with Gasteiger partial charge in [-0.1, -0.05) is 23.7 Å². The minimum Gasteiger partial charge on any atom is -0.383 e. The lowest BCUT2D eigenvalue weighted by Crippen LogP contribution is -2.58. The number of benzene rings is 2. The molecule has 2 aromatic heterocycles. The second kappa shape index (κ2) is 9.32. The third-order valence-corrected chi connectivity index (χ3v) is 9.58. The number of carbonyl (C=O) groups is 1. The zero-order valence-electron chi connectivity index (χ0n) is 18.7. The first-order valence-electron chi connectivity index (χ1n) is 10.7. The largest absolute Gasteiger partial charge is 0.383 e. The number of rotatable bonds is 6. The molecule has 182 valence electrons. The van der Waals surface area contributed by atoms with Gasteiger partial charge in [-0.15, -0.1) is 11.3 Å². The molecule has 9 nitrogen and oxygen atoms in total. The number of ether oxygens (including phenoxy) is 1. The Kier molecular flexibility index (Phi) is 6.36. The summed E-state index contributed by atoms with van der Waals surface area (Å²) in [6.07, 6.45) is 1.39. The second-order valence-electron chi connectivity index (χ2n) is 8.29. The van der Waals surface area contributed by atoms with Gasteiger partial charge in [0.05, 0.1) is 24.7 Å². The summed E-state index contributed by atoms with van der Waals surface area (Å²) >= 11 is 7.20. The van der Waals surface area contributed by atoms with Crippen LogP contribution in [0.1, 0.15) is 5.56 Å². The van der Waals surface area contributed by atoms with Gasteiger partial charge in [-0.3, -0.25) is 4.79 Å². The number of nitrogens with zero attached hydrogens (tertiary/aromatic N) is 4. The molecule has 0 aliphatic carbocycles. The Balaban J connectivity index is 1.41. The van der Waals surface area contributed by atoms with Crippen LogP contribution in [0.15, 0.2) is 53.0 Å². The molecule has 0 bridgehead atoms. The number of thiophene rings is 1. The summed E-state index contributed by atoms with van der Waals surface area (Å²) in [5.74, 6) is 0.0885. The van der Waals surface area contributed by atoms with Gasteiger partial charge in [-0.25, -0.2) is 18.4 Å². The molecule has 1 aliphatic rings. The summed E-state index contributed by atoms with van der Waals surface area (Å²) < 4.78 is 34.4. The summed E-state index contributed by atoms with van der Waals surface area (Å²) in [7, 11) is -2.35. The lowest BCUT2D eigenvalue weighted by Gasteiger charge is -2.40. The van der Waals surface area contributed by atoms with E-state index in [1.807, 2.05) is 18.2 Å². The molecule has 5 rings (SSSR count). The first-order chi connectivity index (χ1) is 16.8. The van der Waals surface area contributed by atoms with Crippen LogP contribution in [0.4, 0.5) is 5.82 Å². The van der Waals surface area contributed by atoms with E-state index < -0.39 is 16.1 Å². The molecule has 0 unspecified atom stereocenters. The number of nitrogen functional groups attached to an aromatic ring is 1. The van der Waals surface area contributed by atoms with Gasteiger partial charge in [-0.2, -0.15) is 4.31 Å². The zero-order valence-corrected chi connectivity index (χ0v) is 21.1. The van der Waals surface area contributed by atoms with E-state index in [2.05, 4.69) is 9.97 Å². The minimum absolute atomic E-state index is 0.125. The van der Waals surface area contributed by atoms with Crippen LogP contribution < -0.4 is 5.73 Å². The summed E-state index contributed by atoms with van der Waals surface area (Å²) in [5, 5.41) is 2.06. The number of fused-ring (bicyclic) bond motifs is 2. The molecule has 1 aliphatic heterocycles. The number of sulfonamides is 1. The number of nitrogens with two attached hydrogens (primary N) is 1. The quantitative estimate of drug-likeness (QED) is 0.406. The van der Waals surface area contributed by atoms with Crippen LogP contribution in [-0.2, 0) is 26.1 Å². The van der Waals surface area contributed by atoms with Crippen LogP contribution in [-0.4, -0.2) is 66.3 Å². The highest BCUT2D eigenvalue weighted by atomic mass is 35.5. The summed E-state index contributed by atoms with van der Waals surface area (Å²) in [4.78, 5) is 23.1. The van der Waals surface area contributed by atoms with Crippen molar-refractivity contribution in [3.8, 4) is 0 Å². The fourth-order valence-electron chi connectivity index (χ4n) is 4.23. The fraction of sp³-hybridized carbons (Fsp3) is 0.261. The van der Waals surface area contributed by atoms with Crippen molar-refractivity contribution in [1.82, 2.24) is 19.2 Å². The van der Waals surface area contributed by atoms with Gasteiger partial charge >= 0.3 is 0 Å². The van der Waals surface area contributed by atoms with E-state index in [0.29, 0.717) is 22.9 Å². The van der Waals surface area contributed by atoms with Crippen molar-refractivity contribution in [3.05, 3.63) is 59.4 Å². The number of hydrogen-bond acceptors (Lipinski definition) is 8. The summed E-state index contributed by atoms with van der Waals surface area (Å²) in [6, 6.07) is 12.0. The second-order valence-corrected chi connectivity index (χ2v) is 12.0. The van der Waals surface area contributed by atoms with Crippen molar-refractivity contribution in [2.75, 3.05) is 32.5 Å². The standard InChI is InChI=1S/C23H22ClN5O4S2/c1-33-12-17-10-28(35(31,32)22-7-15-3-4-16(24)8-20(15)34-22)11-21(30)29(17)9-14-2-5-18-19(6-14)26-13-27-23(18)25/h2-8,13,17H,9-12H2,1H3,(H2,25,26,27)/t17-/m1/s1. The van der Waals surface area contributed by atoms with E-state index in [0.717, 1.165) is 32.4 Å². The van der Waals surface area contributed by atoms with Crippen LogP contribution in [0.3, 0.4) is 0 Å².